The van der Waals surface area contributed by atoms with Crippen LogP contribution in [0.3, 0.4) is 0 Å². The van der Waals surface area contributed by atoms with E-state index >= 15 is 0 Å². The molecule has 44 heavy (non-hydrogen) atoms. The summed E-state index contributed by atoms with van der Waals surface area (Å²) >= 11 is 0. The van der Waals surface area contributed by atoms with Gasteiger partial charge >= 0.3 is 0 Å². The SMILES string of the molecule is CCCC(C)(CCC=C(C)C(C)(C)CC)c1ccc2c(c1)C(=O)c1ccc(C(C)(CC)CCC=C(C)C(C)(C)C)cc1C2=O. The Hall–Kier alpha value is -2.74. The first-order chi connectivity index (χ1) is 20.4. The second-order valence-corrected chi connectivity index (χ2v) is 15.7. The molecule has 3 rings (SSSR count). The molecule has 0 aliphatic heterocycles. The zero-order valence-electron chi connectivity index (χ0n) is 30.1. The van der Waals surface area contributed by atoms with E-state index in [1.165, 1.54) is 11.1 Å². The maximum absolute atomic E-state index is 13.9. The van der Waals surface area contributed by atoms with E-state index in [0.29, 0.717) is 22.3 Å². The molecule has 0 heterocycles. The number of ketones is 2. The quantitative estimate of drug-likeness (QED) is 0.184. The molecule has 0 radical (unpaired) electrons. The Morgan fingerprint density at radius 1 is 0.591 bits per heavy atom. The average molecular weight is 597 g/mol. The summed E-state index contributed by atoms with van der Waals surface area (Å²) in [6.45, 7) is 27.2. The molecule has 1 aliphatic carbocycles. The first-order valence-corrected chi connectivity index (χ1v) is 17.2. The fourth-order valence-electron chi connectivity index (χ4n) is 6.47. The third-order valence-corrected chi connectivity index (χ3v) is 11.4. The van der Waals surface area contributed by atoms with E-state index < -0.39 is 0 Å². The molecule has 0 saturated carbocycles. The van der Waals surface area contributed by atoms with Crippen LogP contribution in [0.15, 0.2) is 59.7 Å². The average Bonchev–Trinajstić information content (AvgIpc) is 2.98. The van der Waals surface area contributed by atoms with Gasteiger partial charge in [-0.05, 0) is 116 Å². The summed E-state index contributed by atoms with van der Waals surface area (Å²) in [6.07, 6.45) is 13.0. The topological polar surface area (TPSA) is 34.1 Å². The van der Waals surface area contributed by atoms with Gasteiger partial charge in [-0.1, -0.05) is 111 Å². The minimum Gasteiger partial charge on any atom is -0.289 e. The maximum atomic E-state index is 13.9. The zero-order chi connectivity index (χ0) is 33.1. The minimum atomic E-state index is -0.0712. The molecule has 1 aliphatic rings. The predicted molar refractivity (Wildman–Crippen MR) is 189 cm³/mol. The number of carbonyl (C=O) groups excluding carboxylic acids is 2. The van der Waals surface area contributed by atoms with Crippen molar-refractivity contribution < 1.29 is 9.59 Å². The summed E-state index contributed by atoms with van der Waals surface area (Å²) in [5.74, 6) is -0.0494. The van der Waals surface area contributed by atoms with Crippen LogP contribution in [0.25, 0.3) is 0 Å². The van der Waals surface area contributed by atoms with E-state index in [2.05, 4.69) is 107 Å². The number of hydrogen-bond donors (Lipinski definition) is 0. The summed E-state index contributed by atoms with van der Waals surface area (Å²) < 4.78 is 0. The number of fused-ring (bicyclic) bond motifs is 2. The zero-order valence-corrected chi connectivity index (χ0v) is 30.1. The van der Waals surface area contributed by atoms with E-state index in [-0.39, 0.29) is 33.2 Å². The summed E-state index contributed by atoms with van der Waals surface area (Å²) in [5.41, 5.74) is 7.62. The van der Waals surface area contributed by atoms with Crippen LogP contribution >= 0.6 is 0 Å². The Labute approximate surface area is 269 Å². The van der Waals surface area contributed by atoms with Crippen molar-refractivity contribution in [2.45, 2.75) is 145 Å². The van der Waals surface area contributed by atoms with Crippen molar-refractivity contribution in [1.82, 2.24) is 0 Å². The van der Waals surface area contributed by atoms with Crippen LogP contribution in [0.4, 0.5) is 0 Å². The van der Waals surface area contributed by atoms with Crippen molar-refractivity contribution in [2.24, 2.45) is 10.8 Å². The molecule has 0 spiro atoms. The monoisotopic (exact) mass is 596 g/mol. The first-order valence-electron chi connectivity index (χ1n) is 17.2. The first kappa shape index (κ1) is 35.7. The number of allylic oxidation sites excluding steroid dienone is 4. The predicted octanol–water partition coefficient (Wildman–Crippen LogP) is 12.1. The highest BCUT2D eigenvalue weighted by molar-refractivity contribution is 6.28. The number of benzene rings is 2. The molecular formula is C42H60O2. The molecule has 2 heteroatoms. The van der Waals surface area contributed by atoms with Crippen LogP contribution in [0, 0.1) is 10.8 Å². The van der Waals surface area contributed by atoms with E-state index in [1.807, 2.05) is 24.3 Å². The molecule has 0 fully saturated rings. The van der Waals surface area contributed by atoms with Crippen LogP contribution in [-0.4, -0.2) is 11.6 Å². The summed E-state index contributed by atoms with van der Waals surface area (Å²) in [6, 6.07) is 12.1. The third kappa shape index (κ3) is 7.55. The highest BCUT2D eigenvalue weighted by Crippen LogP contribution is 2.40. The van der Waals surface area contributed by atoms with Gasteiger partial charge in [0.25, 0.3) is 0 Å². The number of hydrogen-bond acceptors (Lipinski definition) is 2. The van der Waals surface area contributed by atoms with Gasteiger partial charge in [-0.15, -0.1) is 0 Å². The largest absolute Gasteiger partial charge is 0.289 e. The molecule has 2 atom stereocenters. The van der Waals surface area contributed by atoms with Crippen molar-refractivity contribution >= 4 is 11.6 Å². The summed E-state index contributed by atoms with van der Waals surface area (Å²) in [5, 5.41) is 0. The van der Waals surface area contributed by atoms with Crippen molar-refractivity contribution in [3.63, 3.8) is 0 Å². The van der Waals surface area contributed by atoms with Gasteiger partial charge in [0.05, 0.1) is 0 Å². The molecule has 2 aromatic rings. The van der Waals surface area contributed by atoms with Crippen LogP contribution in [-0.2, 0) is 10.8 Å². The van der Waals surface area contributed by atoms with Gasteiger partial charge in [0.15, 0.2) is 11.6 Å². The van der Waals surface area contributed by atoms with E-state index in [4.69, 9.17) is 0 Å². The second kappa shape index (κ2) is 13.7. The van der Waals surface area contributed by atoms with Crippen LogP contribution in [0.5, 0.6) is 0 Å². The fourth-order valence-corrected chi connectivity index (χ4v) is 6.47. The highest BCUT2D eigenvalue weighted by Gasteiger charge is 2.35. The molecule has 0 bridgehead atoms. The Kier molecular flexibility index (Phi) is 11.1. The highest BCUT2D eigenvalue weighted by atomic mass is 16.1. The normalized spacial score (nSPS) is 17.2. The van der Waals surface area contributed by atoms with Gasteiger partial charge in [-0.25, -0.2) is 0 Å². The van der Waals surface area contributed by atoms with Crippen molar-refractivity contribution in [3.8, 4) is 0 Å². The fraction of sp³-hybridized carbons (Fsp3) is 0.571. The lowest BCUT2D eigenvalue weighted by molar-refractivity contribution is 0.0978. The second-order valence-electron chi connectivity index (χ2n) is 15.7. The minimum absolute atomic E-state index is 0.0239. The number of carbonyl (C=O) groups is 2. The van der Waals surface area contributed by atoms with E-state index in [0.717, 1.165) is 62.5 Å². The lowest BCUT2D eigenvalue weighted by Gasteiger charge is -2.32. The molecule has 0 amide bonds. The lowest BCUT2D eigenvalue weighted by Crippen LogP contribution is -2.27. The molecular weight excluding hydrogens is 536 g/mol. The molecule has 0 saturated heterocycles. The van der Waals surface area contributed by atoms with Gasteiger partial charge in [0, 0.05) is 22.3 Å². The smallest absolute Gasteiger partial charge is 0.194 e. The van der Waals surface area contributed by atoms with Crippen LogP contribution < -0.4 is 0 Å². The van der Waals surface area contributed by atoms with Gasteiger partial charge in [0.2, 0.25) is 0 Å². The summed E-state index contributed by atoms with van der Waals surface area (Å²) in [7, 11) is 0. The Morgan fingerprint density at radius 2 is 1.05 bits per heavy atom. The van der Waals surface area contributed by atoms with Gasteiger partial charge in [0.1, 0.15) is 0 Å². The van der Waals surface area contributed by atoms with Gasteiger partial charge in [-0.2, -0.15) is 0 Å². The van der Waals surface area contributed by atoms with Gasteiger partial charge < -0.3 is 0 Å². The lowest BCUT2D eigenvalue weighted by atomic mass is 9.71. The van der Waals surface area contributed by atoms with Crippen LogP contribution in [0.2, 0.25) is 0 Å². The van der Waals surface area contributed by atoms with Crippen molar-refractivity contribution in [2.75, 3.05) is 0 Å². The van der Waals surface area contributed by atoms with Gasteiger partial charge in [-0.3, -0.25) is 9.59 Å². The van der Waals surface area contributed by atoms with Crippen molar-refractivity contribution in [3.05, 3.63) is 93.1 Å². The van der Waals surface area contributed by atoms with Crippen LogP contribution in [0.1, 0.15) is 177 Å². The van der Waals surface area contributed by atoms with E-state index in [1.54, 1.807) is 0 Å². The Balaban J connectivity index is 1.92. The standard InChI is InChI=1S/C42H60O2/c1-13-24-42(12,26-17-19-30(5)40(9,10)14-2)32-21-23-34-36(28-32)38(44)33-22-20-31(27-35(33)37(34)43)41(11,15-3)25-16-18-29(4)39(6,7)8/h18-23,27-28H,13-17,24-26H2,1-12H3. The molecule has 0 aromatic heterocycles. The Morgan fingerprint density at radius 3 is 1.48 bits per heavy atom. The number of rotatable bonds is 13. The maximum Gasteiger partial charge on any atom is 0.194 e. The molecule has 2 aromatic carbocycles. The molecule has 240 valence electrons. The Bertz CT molecular complexity index is 1430. The van der Waals surface area contributed by atoms with E-state index in [9.17, 15) is 9.59 Å². The van der Waals surface area contributed by atoms with Crippen molar-refractivity contribution in [1.29, 1.82) is 0 Å². The molecule has 2 unspecified atom stereocenters. The molecule has 0 N–H and O–H groups in total. The third-order valence-electron chi connectivity index (χ3n) is 11.4. The summed E-state index contributed by atoms with van der Waals surface area (Å²) in [4.78, 5) is 27.9. The molecule has 2 nitrogen and oxygen atoms in total.